The Morgan fingerprint density at radius 1 is 0.938 bits per heavy atom. The summed E-state index contributed by atoms with van der Waals surface area (Å²) in [6.45, 7) is 5.22. The second kappa shape index (κ2) is 7.84. The molecule has 0 aromatic heterocycles. The molecule has 92 valence electrons. The van der Waals surface area contributed by atoms with Gasteiger partial charge in [0, 0.05) is 0 Å². The zero-order valence-corrected chi connectivity index (χ0v) is 9.95. The van der Waals surface area contributed by atoms with Gasteiger partial charge in [-0.15, -0.1) is 0 Å². The number of hydrogen-bond donors (Lipinski definition) is 0. The van der Waals surface area contributed by atoms with Crippen LogP contribution < -0.4 is 0 Å². The van der Waals surface area contributed by atoms with Crippen LogP contribution in [0.15, 0.2) is 0 Å². The first-order valence-corrected chi connectivity index (χ1v) is 5.38. The Balaban J connectivity index is 4.42. The Bertz CT molecular complexity index is 239. The summed E-state index contributed by atoms with van der Waals surface area (Å²) < 4.78 is 9.51. The molecule has 0 amide bonds. The first-order valence-electron chi connectivity index (χ1n) is 5.38. The molecular formula is C11H18O5. The van der Waals surface area contributed by atoms with E-state index in [9.17, 15) is 14.4 Å². The van der Waals surface area contributed by atoms with Crippen molar-refractivity contribution in [2.75, 3.05) is 13.2 Å². The summed E-state index contributed by atoms with van der Waals surface area (Å²) in [5, 5.41) is 0. The zero-order chi connectivity index (χ0) is 12.6. The van der Waals surface area contributed by atoms with Crippen LogP contribution in [0.25, 0.3) is 0 Å². The van der Waals surface area contributed by atoms with Crippen molar-refractivity contribution < 1.29 is 23.9 Å². The minimum atomic E-state index is -1.43. The van der Waals surface area contributed by atoms with Gasteiger partial charge >= 0.3 is 11.9 Å². The molecule has 16 heavy (non-hydrogen) atoms. The van der Waals surface area contributed by atoms with Crippen molar-refractivity contribution >= 4 is 17.7 Å². The summed E-state index contributed by atoms with van der Waals surface area (Å²) >= 11 is 0. The highest BCUT2D eigenvalue weighted by molar-refractivity contribution is 6.14. The number of esters is 2. The van der Waals surface area contributed by atoms with Crippen LogP contribution in [-0.4, -0.2) is 30.9 Å². The lowest BCUT2D eigenvalue weighted by Gasteiger charge is -2.12. The maximum atomic E-state index is 11.4. The smallest absolute Gasteiger partial charge is 0.328 e. The van der Waals surface area contributed by atoms with Gasteiger partial charge in [-0.1, -0.05) is 13.8 Å². The van der Waals surface area contributed by atoms with Gasteiger partial charge in [-0.3, -0.25) is 14.4 Å². The number of Topliss-reactive ketones (excluding diaryl/α,β-unsaturated/α-hetero) is 1. The number of ether oxygens (including phenoxy) is 2. The largest absolute Gasteiger partial charge is 0.465 e. The molecule has 5 heteroatoms. The first kappa shape index (κ1) is 14.6. The topological polar surface area (TPSA) is 69.7 Å². The number of hydrogen-bond acceptors (Lipinski definition) is 5. The van der Waals surface area contributed by atoms with Gasteiger partial charge in [0.25, 0.3) is 0 Å². The van der Waals surface area contributed by atoms with Gasteiger partial charge in [-0.05, 0) is 19.8 Å². The van der Waals surface area contributed by atoms with Crippen molar-refractivity contribution in [1.82, 2.24) is 0 Å². The monoisotopic (exact) mass is 230 g/mol. The van der Waals surface area contributed by atoms with Crippen LogP contribution in [0, 0.1) is 5.92 Å². The summed E-state index contributed by atoms with van der Waals surface area (Å²) in [6, 6.07) is 0. The lowest BCUT2D eigenvalue weighted by Crippen LogP contribution is -2.33. The summed E-state index contributed by atoms with van der Waals surface area (Å²) in [6.07, 6.45) is 1.28. The van der Waals surface area contributed by atoms with E-state index in [2.05, 4.69) is 0 Å². The van der Waals surface area contributed by atoms with Crippen LogP contribution in [0.1, 0.15) is 33.6 Å². The molecule has 0 aromatic rings. The van der Waals surface area contributed by atoms with E-state index in [-0.39, 0.29) is 13.2 Å². The van der Waals surface area contributed by atoms with Gasteiger partial charge in [0.2, 0.25) is 5.92 Å². The van der Waals surface area contributed by atoms with Gasteiger partial charge in [0.1, 0.15) is 0 Å². The highest BCUT2D eigenvalue weighted by atomic mass is 16.6. The molecule has 0 bridgehead atoms. The van der Waals surface area contributed by atoms with Crippen molar-refractivity contribution in [1.29, 1.82) is 0 Å². The van der Waals surface area contributed by atoms with Crippen LogP contribution in [0.3, 0.4) is 0 Å². The van der Waals surface area contributed by atoms with E-state index in [1.54, 1.807) is 0 Å². The van der Waals surface area contributed by atoms with Crippen molar-refractivity contribution in [3.05, 3.63) is 0 Å². The highest BCUT2D eigenvalue weighted by Crippen LogP contribution is 2.06. The lowest BCUT2D eigenvalue weighted by atomic mass is 10.1. The van der Waals surface area contributed by atoms with E-state index >= 15 is 0 Å². The molecule has 5 nitrogen and oxygen atoms in total. The standard InChI is InChI=1S/C11H18O5/c1-4-6-15-10(13)9(8(3)12)11(14)16-7-5-2/h9H,4-7H2,1-3H3. The van der Waals surface area contributed by atoms with Gasteiger partial charge < -0.3 is 9.47 Å². The van der Waals surface area contributed by atoms with Gasteiger partial charge in [0.05, 0.1) is 13.2 Å². The Kier molecular flexibility index (Phi) is 7.16. The van der Waals surface area contributed by atoms with E-state index in [1.807, 2.05) is 13.8 Å². The van der Waals surface area contributed by atoms with Crippen molar-refractivity contribution in [2.45, 2.75) is 33.6 Å². The van der Waals surface area contributed by atoms with E-state index in [0.717, 1.165) is 0 Å². The second-order valence-corrected chi connectivity index (χ2v) is 3.38. The predicted octanol–water partition coefficient (Wildman–Crippen LogP) is 1.10. The number of ketones is 1. The summed E-state index contributed by atoms with van der Waals surface area (Å²) in [5.74, 6) is -3.63. The maximum Gasteiger partial charge on any atom is 0.328 e. The third-order valence-electron chi connectivity index (χ3n) is 1.77. The third kappa shape index (κ3) is 4.91. The van der Waals surface area contributed by atoms with Crippen LogP contribution in [0.2, 0.25) is 0 Å². The molecule has 0 radical (unpaired) electrons. The fourth-order valence-electron chi connectivity index (χ4n) is 1.00. The first-order chi connectivity index (χ1) is 7.54. The van der Waals surface area contributed by atoms with E-state index in [0.29, 0.717) is 12.8 Å². The molecule has 0 unspecified atom stereocenters. The Hall–Kier alpha value is -1.39. The van der Waals surface area contributed by atoms with Crippen LogP contribution in [0.4, 0.5) is 0 Å². The molecule has 0 saturated heterocycles. The number of carbonyl (C=O) groups is 3. The minimum absolute atomic E-state index is 0.198. The summed E-state index contributed by atoms with van der Waals surface area (Å²) in [7, 11) is 0. The lowest BCUT2D eigenvalue weighted by molar-refractivity contribution is -0.164. The molecule has 0 aliphatic heterocycles. The van der Waals surface area contributed by atoms with Crippen molar-refractivity contribution in [3.8, 4) is 0 Å². The molecule has 0 aliphatic carbocycles. The average Bonchev–Trinajstić information content (AvgIpc) is 2.23. The summed E-state index contributed by atoms with van der Waals surface area (Å²) in [4.78, 5) is 34.0. The molecule has 0 N–H and O–H groups in total. The molecule has 0 fully saturated rings. The molecule has 0 saturated carbocycles. The Morgan fingerprint density at radius 3 is 1.56 bits per heavy atom. The molecule has 0 atom stereocenters. The van der Waals surface area contributed by atoms with E-state index < -0.39 is 23.6 Å². The fraction of sp³-hybridized carbons (Fsp3) is 0.727. The Labute approximate surface area is 95.1 Å². The molecule has 0 spiro atoms. The third-order valence-corrected chi connectivity index (χ3v) is 1.77. The van der Waals surface area contributed by atoms with E-state index in [4.69, 9.17) is 9.47 Å². The number of carbonyl (C=O) groups excluding carboxylic acids is 3. The molecule has 0 aliphatic rings. The maximum absolute atomic E-state index is 11.4. The second-order valence-electron chi connectivity index (χ2n) is 3.38. The number of rotatable bonds is 7. The van der Waals surface area contributed by atoms with Gasteiger partial charge in [-0.25, -0.2) is 0 Å². The molecule has 0 aromatic carbocycles. The average molecular weight is 230 g/mol. The Morgan fingerprint density at radius 2 is 1.31 bits per heavy atom. The zero-order valence-electron chi connectivity index (χ0n) is 9.95. The highest BCUT2D eigenvalue weighted by Gasteiger charge is 2.34. The quantitative estimate of drug-likeness (QED) is 0.484. The molecular weight excluding hydrogens is 212 g/mol. The van der Waals surface area contributed by atoms with E-state index in [1.165, 1.54) is 6.92 Å². The van der Waals surface area contributed by atoms with Gasteiger partial charge in [0.15, 0.2) is 5.78 Å². The van der Waals surface area contributed by atoms with Crippen LogP contribution in [0.5, 0.6) is 0 Å². The van der Waals surface area contributed by atoms with Crippen LogP contribution in [-0.2, 0) is 23.9 Å². The predicted molar refractivity (Wildman–Crippen MR) is 56.7 cm³/mol. The fourth-order valence-corrected chi connectivity index (χ4v) is 1.00. The SMILES string of the molecule is CCCOC(=O)C(C(C)=O)C(=O)OCCC. The van der Waals surface area contributed by atoms with Crippen molar-refractivity contribution in [3.63, 3.8) is 0 Å². The normalized spacial score (nSPS) is 10.0. The van der Waals surface area contributed by atoms with Gasteiger partial charge in [-0.2, -0.15) is 0 Å². The minimum Gasteiger partial charge on any atom is -0.465 e. The van der Waals surface area contributed by atoms with Crippen molar-refractivity contribution in [2.24, 2.45) is 5.92 Å². The molecule has 0 rings (SSSR count). The molecule has 0 heterocycles. The van der Waals surface area contributed by atoms with Crippen LogP contribution >= 0.6 is 0 Å². The summed E-state index contributed by atoms with van der Waals surface area (Å²) in [5.41, 5.74) is 0.